The Morgan fingerprint density at radius 1 is 1.32 bits per heavy atom. The zero-order valence-electron chi connectivity index (χ0n) is 16.4. The summed E-state index contributed by atoms with van der Waals surface area (Å²) in [6.07, 6.45) is 2.02. The van der Waals surface area contributed by atoms with E-state index in [1.807, 2.05) is 13.0 Å². The summed E-state index contributed by atoms with van der Waals surface area (Å²) >= 11 is 0. The first-order chi connectivity index (χ1) is 13.3. The average Bonchev–Trinajstić information content (AvgIpc) is 3.02. The maximum Gasteiger partial charge on any atom is 0.218 e. The number of aromatic nitrogens is 1. The maximum atomic E-state index is 13.2. The molecule has 1 aliphatic rings. The summed E-state index contributed by atoms with van der Waals surface area (Å²) in [6.45, 7) is 6.29. The van der Waals surface area contributed by atoms with Gasteiger partial charge in [-0.25, -0.2) is 9.38 Å². The predicted molar refractivity (Wildman–Crippen MR) is 105 cm³/mol. The van der Waals surface area contributed by atoms with Gasteiger partial charge in [-0.1, -0.05) is 12.1 Å². The van der Waals surface area contributed by atoms with Crippen LogP contribution in [0.4, 0.5) is 4.39 Å². The molecule has 1 N–H and O–H groups in total. The number of pyridine rings is 1. The third-order valence-electron chi connectivity index (χ3n) is 4.89. The highest BCUT2D eigenvalue weighted by molar-refractivity contribution is 5.97. The molecule has 148 valence electrons. The number of hydrogen-bond acceptors (Lipinski definition) is 5. The van der Waals surface area contributed by atoms with Gasteiger partial charge in [0, 0.05) is 30.7 Å². The molecule has 6 heteroatoms. The first-order valence-electron chi connectivity index (χ1n) is 9.43. The molecule has 0 saturated carbocycles. The molecular formula is C22H25FN2O3. The van der Waals surface area contributed by atoms with Crippen LogP contribution in [0.1, 0.15) is 55.5 Å². The summed E-state index contributed by atoms with van der Waals surface area (Å²) in [7, 11) is 0. The summed E-state index contributed by atoms with van der Waals surface area (Å²) in [4.78, 5) is 21.4. The lowest BCUT2D eigenvalue weighted by Gasteiger charge is -2.29. The molecule has 0 spiro atoms. The Labute approximate surface area is 164 Å². The fraction of sp³-hybridized carbons (Fsp3) is 0.409. The van der Waals surface area contributed by atoms with Crippen LogP contribution in [0.3, 0.4) is 0 Å². The summed E-state index contributed by atoms with van der Waals surface area (Å²) in [5.74, 6) is -0.211. The van der Waals surface area contributed by atoms with E-state index in [2.05, 4.69) is 9.98 Å². The van der Waals surface area contributed by atoms with Crippen LogP contribution >= 0.6 is 0 Å². The van der Waals surface area contributed by atoms with Crippen LogP contribution < -0.4 is 0 Å². The Balaban J connectivity index is 1.71. The number of carbonyl (C=O) groups excluding carboxylic acids is 1. The number of Topliss-reactive ketones (excluding diaryl/α,β-unsaturated/α-hetero) is 1. The molecular weight excluding hydrogens is 359 g/mol. The molecule has 0 fully saturated rings. The van der Waals surface area contributed by atoms with Gasteiger partial charge in [0.05, 0.1) is 24.3 Å². The Kier molecular flexibility index (Phi) is 5.89. The number of hydrogen-bond donors (Lipinski definition) is 1. The van der Waals surface area contributed by atoms with Gasteiger partial charge in [0.2, 0.25) is 5.90 Å². The van der Waals surface area contributed by atoms with Gasteiger partial charge in [-0.2, -0.15) is 0 Å². The highest BCUT2D eigenvalue weighted by Crippen LogP contribution is 2.32. The predicted octanol–water partition coefficient (Wildman–Crippen LogP) is 3.57. The fourth-order valence-corrected chi connectivity index (χ4v) is 3.44. The van der Waals surface area contributed by atoms with Crippen LogP contribution in [0.2, 0.25) is 0 Å². The summed E-state index contributed by atoms with van der Waals surface area (Å²) in [5.41, 5.74) is 2.17. The third-order valence-corrected chi connectivity index (χ3v) is 4.89. The molecule has 2 aromatic rings. The minimum atomic E-state index is -1.11. The second kappa shape index (κ2) is 8.19. The van der Waals surface area contributed by atoms with Crippen LogP contribution in [0.25, 0.3) is 0 Å². The maximum absolute atomic E-state index is 13.2. The summed E-state index contributed by atoms with van der Waals surface area (Å²) in [5, 5.41) is 10.5. The van der Waals surface area contributed by atoms with Gasteiger partial charge >= 0.3 is 0 Å². The van der Waals surface area contributed by atoms with Crippen molar-refractivity contribution in [2.45, 2.75) is 51.7 Å². The van der Waals surface area contributed by atoms with E-state index < -0.39 is 11.5 Å². The van der Waals surface area contributed by atoms with E-state index >= 15 is 0 Å². The number of benzene rings is 1. The van der Waals surface area contributed by atoms with Crippen LogP contribution in [0, 0.1) is 5.82 Å². The summed E-state index contributed by atoms with van der Waals surface area (Å²) < 4.78 is 18.7. The lowest BCUT2D eigenvalue weighted by atomic mass is 9.80. The number of carbonyl (C=O) groups is 1. The minimum absolute atomic E-state index is 0.0344. The topological polar surface area (TPSA) is 71.8 Å². The normalized spacial score (nSPS) is 14.4. The smallest absolute Gasteiger partial charge is 0.218 e. The molecule has 1 aliphatic heterocycles. The van der Waals surface area contributed by atoms with Gasteiger partial charge < -0.3 is 9.84 Å². The van der Waals surface area contributed by atoms with Gasteiger partial charge in [-0.15, -0.1) is 0 Å². The molecule has 2 heterocycles. The molecule has 1 aromatic carbocycles. The second-order valence-electron chi connectivity index (χ2n) is 7.56. The summed E-state index contributed by atoms with van der Waals surface area (Å²) in [6, 6.07) is 7.81. The van der Waals surface area contributed by atoms with Crippen molar-refractivity contribution in [1.29, 1.82) is 0 Å². The van der Waals surface area contributed by atoms with E-state index in [0.29, 0.717) is 24.7 Å². The zero-order chi connectivity index (χ0) is 20.3. The van der Waals surface area contributed by atoms with Crippen molar-refractivity contribution in [2.75, 3.05) is 6.61 Å². The Morgan fingerprint density at radius 2 is 2.04 bits per heavy atom. The van der Waals surface area contributed by atoms with E-state index in [0.717, 1.165) is 16.7 Å². The lowest BCUT2D eigenvalue weighted by Crippen LogP contribution is -2.31. The Hall–Kier alpha value is -2.60. The molecule has 0 saturated heterocycles. The number of fused-ring (bicyclic) bond motifs is 1. The largest absolute Gasteiger partial charge is 0.478 e. The van der Waals surface area contributed by atoms with Crippen molar-refractivity contribution in [3.05, 3.63) is 64.7 Å². The van der Waals surface area contributed by atoms with Gasteiger partial charge in [0.1, 0.15) is 11.6 Å². The molecule has 0 radical (unpaired) electrons. The molecule has 0 aliphatic carbocycles. The van der Waals surface area contributed by atoms with Gasteiger partial charge in [-0.05, 0) is 50.1 Å². The van der Waals surface area contributed by atoms with Crippen LogP contribution in [0.15, 0.2) is 41.5 Å². The molecule has 5 nitrogen and oxygen atoms in total. The van der Waals surface area contributed by atoms with Crippen LogP contribution in [-0.4, -0.2) is 34.0 Å². The number of rotatable bonds is 7. The first kappa shape index (κ1) is 20.1. The number of nitrogens with zero attached hydrogens (tertiary/aromatic N) is 2. The van der Waals surface area contributed by atoms with Crippen molar-refractivity contribution in [3.8, 4) is 0 Å². The minimum Gasteiger partial charge on any atom is -0.478 e. The number of aliphatic hydroxyl groups is 1. The van der Waals surface area contributed by atoms with Gasteiger partial charge in [-0.3, -0.25) is 9.78 Å². The van der Waals surface area contributed by atoms with Crippen molar-refractivity contribution in [3.63, 3.8) is 0 Å². The van der Waals surface area contributed by atoms with Crippen LogP contribution in [0.5, 0.6) is 0 Å². The SMILES string of the molecule is CCOC1=NCc2cc(CC(=O)C[C@@H](c3ccc(F)cc3)C(C)(C)O)ncc21. The molecule has 0 bridgehead atoms. The third kappa shape index (κ3) is 4.62. The number of halogens is 1. The standard InChI is InChI=1S/C22H25FN2O3/c1-4-28-21-19-13-24-17(9-15(19)12-25-21)10-18(26)11-20(22(2,3)27)14-5-7-16(23)8-6-14/h5-9,13,20,27H,4,10-12H2,1-3H3/t20-/m0/s1. The quantitative estimate of drug-likeness (QED) is 0.792. The highest BCUT2D eigenvalue weighted by atomic mass is 19.1. The second-order valence-corrected chi connectivity index (χ2v) is 7.56. The van der Waals surface area contributed by atoms with Crippen molar-refractivity contribution < 1.29 is 19.0 Å². The average molecular weight is 384 g/mol. The molecule has 3 rings (SSSR count). The number of ether oxygens (including phenoxy) is 1. The van der Waals surface area contributed by atoms with E-state index in [4.69, 9.17) is 4.74 Å². The van der Waals surface area contributed by atoms with Crippen molar-refractivity contribution >= 4 is 11.7 Å². The molecule has 0 unspecified atom stereocenters. The van der Waals surface area contributed by atoms with Crippen molar-refractivity contribution in [1.82, 2.24) is 4.98 Å². The molecule has 28 heavy (non-hydrogen) atoms. The Bertz CT molecular complexity index is 886. The monoisotopic (exact) mass is 384 g/mol. The van der Waals surface area contributed by atoms with E-state index in [9.17, 15) is 14.3 Å². The first-order valence-corrected chi connectivity index (χ1v) is 9.43. The molecule has 0 amide bonds. The Morgan fingerprint density at radius 3 is 2.68 bits per heavy atom. The number of aliphatic imine (C=N–C) groups is 1. The van der Waals surface area contributed by atoms with E-state index in [-0.39, 0.29) is 24.4 Å². The van der Waals surface area contributed by atoms with Crippen molar-refractivity contribution in [2.24, 2.45) is 4.99 Å². The fourth-order valence-electron chi connectivity index (χ4n) is 3.44. The van der Waals surface area contributed by atoms with E-state index in [1.165, 1.54) is 12.1 Å². The highest BCUT2D eigenvalue weighted by Gasteiger charge is 2.30. The molecule has 1 aromatic heterocycles. The lowest BCUT2D eigenvalue weighted by molar-refractivity contribution is -0.120. The number of ketones is 1. The van der Waals surface area contributed by atoms with Gasteiger partial charge in [0.25, 0.3) is 0 Å². The van der Waals surface area contributed by atoms with Gasteiger partial charge in [0.15, 0.2) is 0 Å². The molecule has 1 atom stereocenters. The van der Waals surface area contributed by atoms with E-state index in [1.54, 1.807) is 32.2 Å². The van der Waals surface area contributed by atoms with Crippen LogP contribution in [-0.2, 0) is 22.5 Å². The zero-order valence-corrected chi connectivity index (χ0v) is 16.4.